The Kier molecular flexibility index (Phi) is 8.59. The molecule has 3 fully saturated rings. The number of aryl methyl sites for hydroxylation is 1. The van der Waals surface area contributed by atoms with Crippen LogP contribution in [0.4, 0.5) is 0 Å². The zero-order valence-corrected chi connectivity index (χ0v) is 26.8. The first-order valence-electron chi connectivity index (χ1n) is 16.5. The maximum Gasteiger partial charge on any atom is 0.306 e. The number of fused-ring (bicyclic) bond motifs is 9. The van der Waals surface area contributed by atoms with E-state index in [1.807, 2.05) is 45.9 Å². The van der Waals surface area contributed by atoms with Crippen LogP contribution in [0.1, 0.15) is 84.8 Å². The molecular formula is C35H47N3O6. The van der Waals surface area contributed by atoms with E-state index in [-0.39, 0.29) is 36.9 Å². The van der Waals surface area contributed by atoms with Gasteiger partial charge < -0.3 is 23.9 Å². The molecule has 2 saturated carbocycles. The number of amides is 1. The van der Waals surface area contributed by atoms with Crippen molar-refractivity contribution in [2.75, 3.05) is 13.7 Å². The largest absolute Gasteiger partial charge is 0.497 e. The predicted molar refractivity (Wildman–Crippen MR) is 165 cm³/mol. The number of carbonyl (C=O) groups excluding carboxylic acids is 3. The highest BCUT2D eigenvalue weighted by atomic mass is 16.5. The SMILES string of the molecule is COc1ccc2nc3c(nc2c1)O[C@H]1CN(C(=O)[C@H](C(C)(C)C)CC(=O)O[C@@H]2[C@H]4CC[C@H](C4)[C@H]2CCCCC3)[C@H](C=O)[C@@H]1C. The van der Waals surface area contributed by atoms with Crippen LogP contribution < -0.4 is 9.47 Å². The second kappa shape index (κ2) is 12.3. The molecule has 238 valence electrons. The van der Waals surface area contributed by atoms with Crippen molar-refractivity contribution < 1.29 is 28.6 Å². The van der Waals surface area contributed by atoms with E-state index in [9.17, 15) is 14.4 Å². The molecule has 8 atom stereocenters. The van der Waals surface area contributed by atoms with Gasteiger partial charge in [0.15, 0.2) is 0 Å². The average Bonchev–Trinajstić information content (AvgIpc) is 3.68. The Morgan fingerprint density at radius 1 is 1.00 bits per heavy atom. The van der Waals surface area contributed by atoms with Crippen molar-refractivity contribution in [3.05, 3.63) is 23.9 Å². The lowest BCUT2D eigenvalue weighted by Crippen LogP contribution is -2.46. The minimum Gasteiger partial charge on any atom is -0.497 e. The Morgan fingerprint density at radius 3 is 2.55 bits per heavy atom. The van der Waals surface area contributed by atoms with Gasteiger partial charge in [-0.1, -0.05) is 40.5 Å². The first-order chi connectivity index (χ1) is 21.1. The summed E-state index contributed by atoms with van der Waals surface area (Å²) in [5.41, 5.74) is 1.74. The van der Waals surface area contributed by atoms with Crippen LogP contribution in [0, 0.1) is 35.0 Å². The Morgan fingerprint density at radius 2 is 1.80 bits per heavy atom. The molecule has 9 nitrogen and oxygen atoms in total. The highest BCUT2D eigenvalue weighted by Gasteiger charge is 2.51. The van der Waals surface area contributed by atoms with E-state index in [0.717, 1.165) is 56.0 Å². The zero-order chi connectivity index (χ0) is 31.2. The van der Waals surface area contributed by atoms with Crippen LogP contribution in [0.2, 0.25) is 0 Å². The maximum atomic E-state index is 14.2. The van der Waals surface area contributed by atoms with Gasteiger partial charge in [0.2, 0.25) is 11.8 Å². The van der Waals surface area contributed by atoms with Gasteiger partial charge in [0.1, 0.15) is 29.9 Å². The summed E-state index contributed by atoms with van der Waals surface area (Å²) in [5, 5.41) is 0. The first kappa shape index (κ1) is 30.8. The number of benzene rings is 1. The van der Waals surface area contributed by atoms with Crippen molar-refractivity contribution in [2.45, 2.75) is 104 Å². The molecule has 9 heteroatoms. The van der Waals surface area contributed by atoms with Crippen molar-refractivity contribution in [3.63, 3.8) is 0 Å². The number of esters is 1. The zero-order valence-electron chi connectivity index (χ0n) is 26.8. The summed E-state index contributed by atoms with van der Waals surface area (Å²) in [6.07, 6.45) is 8.60. The van der Waals surface area contributed by atoms with Gasteiger partial charge in [-0.3, -0.25) is 9.59 Å². The van der Waals surface area contributed by atoms with E-state index in [0.29, 0.717) is 41.3 Å². The fourth-order valence-corrected chi connectivity index (χ4v) is 8.27. The van der Waals surface area contributed by atoms with Gasteiger partial charge in [-0.2, -0.15) is 0 Å². The van der Waals surface area contributed by atoms with E-state index in [2.05, 4.69) is 0 Å². The van der Waals surface area contributed by atoms with E-state index in [1.54, 1.807) is 12.0 Å². The van der Waals surface area contributed by atoms with Crippen LogP contribution in [0.25, 0.3) is 11.0 Å². The van der Waals surface area contributed by atoms with E-state index >= 15 is 0 Å². The molecule has 0 N–H and O–H groups in total. The molecule has 2 aliphatic carbocycles. The Hall–Kier alpha value is -3.23. The first-order valence-corrected chi connectivity index (χ1v) is 16.5. The minimum atomic E-state index is -0.664. The molecule has 1 aromatic heterocycles. The molecular weight excluding hydrogens is 558 g/mol. The summed E-state index contributed by atoms with van der Waals surface area (Å²) in [4.78, 5) is 51.6. The molecule has 0 spiro atoms. The number of rotatable bonds is 2. The fraction of sp³-hybridized carbons (Fsp3) is 0.686. The number of hydrogen-bond acceptors (Lipinski definition) is 8. The number of ether oxygens (including phenoxy) is 3. The smallest absolute Gasteiger partial charge is 0.306 e. The Bertz CT molecular complexity index is 1400. The summed E-state index contributed by atoms with van der Waals surface area (Å²) < 4.78 is 18.3. The van der Waals surface area contributed by atoms with Gasteiger partial charge in [0.05, 0.1) is 43.1 Å². The number of hydrogen-bond donors (Lipinski definition) is 0. The molecule has 0 radical (unpaired) electrons. The van der Waals surface area contributed by atoms with Crippen molar-refractivity contribution in [1.29, 1.82) is 0 Å². The summed E-state index contributed by atoms with van der Waals surface area (Å²) >= 11 is 0. The molecule has 3 heterocycles. The highest BCUT2D eigenvalue weighted by molar-refractivity contribution is 5.87. The van der Waals surface area contributed by atoms with Crippen molar-refractivity contribution in [3.8, 4) is 11.6 Å². The van der Waals surface area contributed by atoms with Gasteiger partial charge in [0.25, 0.3) is 0 Å². The van der Waals surface area contributed by atoms with Gasteiger partial charge >= 0.3 is 5.97 Å². The molecule has 0 unspecified atom stereocenters. The Labute approximate surface area is 260 Å². The lowest BCUT2D eigenvalue weighted by atomic mass is 9.77. The summed E-state index contributed by atoms with van der Waals surface area (Å²) in [5.74, 6) is 1.17. The molecule has 4 bridgehead atoms. The Balaban J connectivity index is 1.35. The number of nitrogens with zero attached hydrogens (tertiary/aromatic N) is 3. The predicted octanol–water partition coefficient (Wildman–Crippen LogP) is 5.56. The van der Waals surface area contributed by atoms with Crippen LogP contribution in [0.5, 0.6) is 11.6 Å². The van der Waals surface area contributed by atoms with Gasteiger partial charge in [-0.25, -0.2) is 9.97 Å². The van der Waals surface area contributed by atoms with Crippen LogP contribution in [-0.2, 0) is 25.5 Å². The summed E-state index contributed by atoms with van der Waals surface area (Å²) in [6, 6.07) is 4.98. The standard InChI is InChI=1S/C35H47N3O6/c1-20-29(19-39)38-18-30(20)43-33-27(36-26-14-13-23(42-5)16-28(26)37-33)10-8-6-7-9-24-21-11-12-22(15-21)32(24)44-31(40)17-25(34(38)41)35(2,3)4/h13-14,16,19-22,24-25,29-30,32H,6-12,15,17-18H2,1-5H3/t20-,21+,22-,24+,25+,29+,30-,32+/m0/s1. The van der Waals surface area contributed by atoms with Gasteiger partial charge in [-0.05, 0) is 73.8 Å². The van der Waals surface area contributed by atoms with E-state index in [4.69, 9.17) is 24.2 Å². The summed E-state index contributed by atoms with van der Waals surface area (Å²) in [6.45, 7) is 8.10. The number of aldehydes is 1. The van der Waals surface area contributed by atoms with E-state index < -0.39 is 23.5 Å². The lowest BCUT2D eigenvalue weighted by molar-refractivity contribution is -0.160. The van der Waals surface area contributed by atoms with Crippen LogP contribution in [-0.4, -0.2) is 64.9 Å². The fourth-order valence-electron chi connectivity index (χ4n) is 8.27. The molecule has 1 amide bonds. The molecule has 2 aliphatic heterocycles. The molecule has 6 rings (SSSR count). The third kappa shape index (κ3) is 5.91. The van der Waals surface area contributed by atoms with Crippen LogP contribution in [0.15, 0.2) is 18.2 Å². The molecule has 4 aliphatic rings. The molecule has 44 heavy (non-hydrogen) atoms. The second-order valence-corrected chi connectivity index (χ2v) is 14.6. The van der Waals surface area contributed by atoms with Gasteiger partial charge in [-0.15, -0.1) is 0 Å². The third-order valence-electron chi connectivity index (χ3n) is 10.9. The lowest BCUT2D eigenvalue weighted by Gasteiger charge is -2.35. The van der Waals surface area contributed by atoms with E-state index in [1.165, 1.54) is 6.42 Å². The van der Waals surface area contributed by atoms with Crippen molar-refractivity contribution in [2.24, 2.45) is 35.0 Å². The number of carbonyl (C=O) groups is 3. The van der Waals surface area contributed by atoms with Crippen LogP contribution in [0.3, 0.4) is 0 Å². The average molecular weight is 606 g/mol. The monoisotopic (exact) mass is 605 g/mol. The highest BCUT2D eigenvalue weighted by Crippen LogP contribution is 2.52. The number of methoxy groups -OCH3 is 1. The van der Waals surface area contributed by atoms with Crippen molar-refractivity contribution in [1.82, 2.24) is 14.9 Å². The molecule has 1 saturated heterocycles. The second-order valence-electron chi connectivity index (χ2n) is 14.6. The molecule has 1 aromatic carbocycles. The maximum absolute atomic E-state index is 14.2. The summed E-state index contributed by atoms with van der Waals surface area (Å²) in [7, 11) is 1.62. The minimum absolute atomic E-state index is 0.00700. The normalized spacial score (nSPS) is 33.2. The van der Waals surface area contributed by atoms with Crippen molar-refractivity contribution >= 4 is 29.2 Å². The third-order valence-corrected chi connectivity index (χ3v) is 10.9. The topological polar surface area (TPSA) is 108 Å². The van der Waals surface area contributed by atoms with Crippen LogP contribution >= 0.6 is 0 Å². The number of aromatic nitrogens is 2. The van der Waals surface area contributed by atoms with Gasteiger partial charge in [0, 0.05) is 12.0 Å². The molecule has 2 aromatic rings. The quantitative estimate of drug-likeness (QED) is 0.324.